The zero-order valence-corrected chi connectivity index (χ0v) is 10.8. The lowest BCUT2D eigenvalue weighted by molar-refractivity contribution is -0.134. The summed E-state index contributed by atoms with van der Waals surface area (Å²) in [5.41, 5.74) is 5.88. The maximum absolute atomic E-state index is 12.1. The van der Waals surface area contributed by atoms with Gasteiger partial charge in [0.2, 0.25) is 5.91 Å². The normalized spacial score (nSPS) is 27.9. The van der Waals surface area contributed by atoms with Crippen LogP contribution in [0.1, 0.15) is 39.0 Å². The largest absolute Gasteiger partial charge is 0.342 e. The number of amides is 1. The Morgan fingerprint density at radius 2 is 1.94 bits per heavy atom. The lowest BCUT2D eigenvalue weighted by atomic mass is 10.0. The first kappa shape index (κ1) is 13.8. The van der Waals surface area contributed by atoms with E-state index >= 15 is 0 Å². The highest BCUT2D eigenvalue weighted by Crippen LogP contribution is 2.29. The molecule has 1 aliphatic carbocycles. The Bertz CT molecular complexity index is 239. The predicted octanol–water partition coefficient (Wildman–Crippen LogP) is 1.79. The van der Waals surface area contributed by atoms with Crippen LogP contribution in [0.2, 0.25) is 0 Å². The van der Waals surface area contributed by atoms with Crippen molar-refractivity contribution in [1.29, 1.82) is 0 Å². The molecule has 2 rings (SSSR count). The molecule has 1 aliphatic heterocycles. The molecule has 1 heterocycles. The van der Waals surface area contributed by atoms with Gasteiger partial charge in [-0.3, -0.25) is 4.79 Å². The Morgan fingerprint density at radius 1 is 1.31 bits per heavy atom. The first-order valence-corrected chi connectivity index (χ1v) is 6.23. The second-order valence-corrected chi connectivity index (χ2v) is 5.17. The molecule has 2 aliphatic rings. The van der Waals surface area contributed by atoms with Gasteiger partial charge in [0.05, 0.1) is 0 Å². The summed E-state index contributed by atoms with van der Waals surface area (Å²) in [6.45, 7) is 3.88. The molecular weight excluding hydrogens is 224 g/mol. The number of nitrogens with zero attached hydrogens (tertiary/aromatic N) is 1. The number of likely N-dealkylation sites (tertiary alicyclic amines) is 1. The molecule has 1 saturated heterocycles. The Hall–Kier alpha value is -0.280. The summed E-state index contributed by atoms with van der Waals surface area (Å²) in [6, 6.07) is 0.228. The fraction of sp³-hybridized carbons (Fsp3) is 0.917. The zero-order valence-electron chi connectivity index (χ0n) is 10.0. The summed E-state index contributed by atoms with van der Waals surface area (Å²) < 4.78 is 0. The number of halogens is 1. The van der Waals surface area contributed by atoms with Gasteiger partial charge in [-0.2, -0.15) is 0 Å². The quantitative estimate of drug-likeness (QED) is 0.808. The highest BCUT2D eigenvalue weighted by atomic mass is 35.5. The van der Waals surface area contributed by atoms with Gasteiger partial charge in [-0.25, -0.2) is 0 Å². The van der Waals surface area contributed by atoms with E-state index < -0.39 is 0 Å². The van der Waals surface area contributed by atoms with Crippen LogP contribution >= 0.6 is 12.4 Å². The van der Waals surface area contributed by atoms with Crippen molar-refractivity contribution in [3.05, 3.63) is 0 Å². The summed E-state index contributed by atoms with van der Waals surface area (Å²) in [5.74, 6) is 1.25. The SMILES string of the molecule is CC(N)C1CCN(C(=O)C2CCCC2)C1.Cl. The third-order valence-electron chi connectivity index (χ3n) is 3.98. The van der Waals surface area contributed by atoms with E-state index in [1.54, 1.807) is 0 Å². The van der Waals surface area contributed by atoms with Gasteiger partial charge in [0.15, 0.2) is 0 Å². The molecule has 0 bridgehead atoms. The number of hydrogen-bond donors (Lipinski definition) is 1. The maximum atomic E-state index is 12.1. The molecule has 4 heteroatoms. The summed E-state index contributed by atoms with van der Waals surface area (Å²) >= 11 is 0. The Kier molecular flexibility index (Phi) is 5.06. The van der Waals surface area contributed by atoms with Crippen LogP contribution in [0.5, 0.6) is 0 Å². The molecule has 2 fully saturated rings. The van der Waals surface area contributed by atoms with Crippen molar-refractivity contribution >= 4 is 18.3 Å². The van der Waals surface area contributed by atoms with Crippen LogP contribution in [0.25, 0.3) is 0 Å². The molecule has 16 heavy (non-hydrogen) atoms. The van der Waals surface area contributed by atoms with Crippen molar-refractivity contribution in [2.24, 2.45) is 17.6 Å². The molecular formula is C12H23ClN2O. The molecule has 2 unspecified atom stereocenters. The van der Waals surface area contributed by atoms with Crippen LogP contribution in [-0.4, -0.2) is 29.9 Å². The minimum Gasteiger partial charge on any atom is -0.342 e. The fourth-order valence-electron chi connectivity index (χ4n) is 2.85. The zero-order chi connectivity index (χ0) is 10.8. The van der Waals surface area contributed by atoms with Crippen molar-refractivity contribution in [3.63, 3.8) is 0 Å². The van der Waals surface area contributed by atoms with Crippen molar-refractivity contribution in [2.75, 3.05) is 13.1 Å². The average molecular weight is 247 g/mol. The maximum Gasteiger partial charge on any atom is 0.225 e. The summed E-state index contributed by atoms with van der Waals surface area (Å²) in [5, 5.41) is 0. The summed E-state index contributed by atoms with van der Waals surface area (Å²) in [4.78, 5) is 14.1. The summed E-state index contributed by atoms with van der Waals surface area (Å²) in [7, 11) is 0. The lowest BCUT2D eigenvalue weighted by Gasteiger charge is -2.21. The summed E-state index contributed by atoms with van der Waals surface area (Å²) in [6.07, 6.45) is 5.79. The number of hydrogen-bond acceptors (Lipinski definition) is 2. The standard InChI is InChI=1S/C12H22N2O.ClH/c1-9(13)11-6-7-14(8-11)12(15)10-4-2-3-5-10;/h9-11H,2-8,13H2,1H3;1H. The van der Waals surface area contributed by atoms with Crippen molar-refractivity contribution < 1.29 is 4.79 Å². The van der Waals surface area contributed by atoms with Crippen LogP contribution < -0.4 is 5.73 Å². The van der Waals surface area contributed by atoms with Crippen molar-refractivity contribution in [2.45, 2.75) is 45.1 Å². The highest BCUT2D eigenvalue weighted by Gasteiger charge is 2.33. The fourth-order valence-corrected chi connectivity index (χ4v) is 2.85. The van der Waals surface area contributed by atoms with Gasteiger partial charge < -0.3 is 10.6 Å². The van der Waals surface area contributed by atoms with Gasteiger partial charge >= 0.3 is 0 Å². The van der Waals surface area contributed by atoms with E-state index in [-0.39, 0.29) is 18.4 Å². The van der Waals surface area contributed by atoms with Crippen LogP contribution in [-0.2, 0) is 4.79 Å². The molecule has 2 atom stereocenters. The van der Waals surface area contributed by atoms with E-state index in [4.69, 9.17) is 5.73 Å². The molecule has 94 valence electrons. The molecule has 0 aromatic carbocycles. The van der Waals surface area contributed by atoms with E-state index in [2.05, 4.69) is 0 Å². The first-order chi connectivity index (χ1) is 7.18. The van der Waals surface area contributed by atoms with Gasteiger partial charge in [-0.05, 0) is 32.1 Å². The van der Waals surface area contributed by atoms with E-state index in [1.807, 2.05) is 11.8 Å². The van der Waals surface area contributed by atoms with Crippen molar-refractivity contribution in [3.8, 4) is 0 Å². The molecule has 1 amide bonds. The molecule has 0 aromatic heterocycles. The third-order valence-corrected chi connectivity index (χ3v) is 3.98. The Balaban J connectivity index is 0.00000128. The van der Waals surface area contributed by atoms with Crippen LogP contribution in [0.15, 0.2) is 0 Å². The molecule has 3 nitrogen and oxygen atoms in total. The number of rotatable bonds is 2. The minimum atomic E-state index is 0. The highest BCUT2D eigenvalue weighted by molar-refractivity contribution is 5.85. The van der Waals surface area contributed by atoms with Crippen molar-refractivity contribution in [1.82, 2.24) is 4.90 Å². The van der Waals surface area contributed by atoms with E-state index in [0.717, 1.165) is 32.4 Å². The van der Waals surface area contributed by atoms with Gasteiger partial charge in [0.1, 0.15) is 0 Å². The van der Waals surface area contributed by atoms with Gasteiger partial charge in [0, 0.05) is 25.0 Å². The molecule has 2 N–H and O–H groups in total. The Morgan fingerprint density at radius 3 is 2.44 bits per heavy atom. The second-order valence-electron chi connectivity index (χ2n) is 5.17. The predicted molar refractivity (Wildman–Crippen MR) is 67.5 cm³/mol. The van der Waals surface area contributed by atoms with Gasteiger partial charge in [-0.1, -0.05) is 12.8 Å². The monoisotopic (exact) mass is 246 g/mol. The average Bonchev–Trinajstić information content (AvgIpc) is 2.88. The van der Waals surface area contributed by atoms with E-state index in [9.17, 15) is 4.79 Å². The Labute approximate surface area is 104 Å². The van der Waals surface area contributed by atoms with E-state index in [1.165, 1.54) is 12.8 Å². The number of nitrogens with two attached hydrogens (primary N) is 1. The first-order valence-electron chi connectivity index (χ1n) is 6.23. The topological polar surface area (TPSA) is 46.3 Å². The molecule has 0 radical (unpaired) electrons. The molecule has 0 spiro atoms. The lowest BCUT2D eigenvalue weighted by Crippen LogP contribution is -2.35. The van der Waals surface area contributed by atoms with Gasteiger partial charge in [0.25, 0.3) is 0 Å². The molecule has 0 aromatic rings. The van der Waals surface area contributed by atoms with E-state index in [0.29, 0.717) is 17.7 Å². The second kappa shape index (κ2) is 5.87. The number of carbonyl (C=O) groups is 1. The third kappa shape index (κ3) is 2.89. The van der Waals surface area contributed by atoms with Crippen LogP contribution in [0, 0.1) is 11.8 Å². The number of carbonyl (C=O) groups excluding carboxylic acids is 1. The van der Waals surface area contributed by atoms with Gasteiger partial charge in [-0.15, -0.1) is 12.4 Å². The van der Waals surface area contributed by atoms with Crippen LogP contribution in [0.3, 0.4) is 0 Å². The molecule has 1 saturated carbocycles. The minimum absolute atomic E-state index is 0. The smallest absolute Gasteiger partial charge is 0.225 e. The van der Waals surface area contributed by atoms with Crippen LogP contribution in [0.4, 0.5) is 0 Å².